The Hall–Kier alpha value is -1.35. The summed E-state index contributed by atoms with van der Waals surface area (Å²) in [5, 5.41) is 3.35. The van der Waals surface area contributed by atoms with E-state index in [0.717, 1.165) is 26.2 Å². The van der Waals surface area contributed by atoms with E-state index in [9.17, 15) is 4.79 Å². The summed E-state index contributed by atoms with van der Waals surface area (Å²) in [7, 11) is 0. The van der Waals surface area contributed by atoms with Gasteiger partial charge in [-0.05, 0) is 29.5 Å². The van der Waals surface area contributed by atoms with Gasteiger partial charge in [-0.2, -0.15) is 0 Å². The summed E-state index contributed by atoms with van der Waals surface area (Å²) >= 11 is 0. The van der Waals surface area contributed by atoms with Crippen molar-refractivity contribution >= 4 is 5.91 Å². The summed E-state index contributed by atoms with van der Waals surface area (Å²) in [6.07, 6.45) is 2.91. The first-order valence-electron chi connectivity index (χ1n) is 6.43. The lowest BCUT2D eigenvalue weighted by Gasteiger charge is -2.16. The average Bonchev–Trinajstić information content (AvgIpc) is 3.00. The van der Waals surface area contributed by atoms with Crippen molar-refractivity contribution in [2.75, 3.05) is 13.1 Å². The van der Waals surface area contributed by atoms with Crippen LogP contribution in [-0.4, -0.2) is 23.9 Å². The second kappa shape index (κ2) is 4.49. The Labute approximate surface area is 102 Å². The molecule has 2 heterocycles. The highest BCUT2D eigenvalue weighted by molar-refractivity contribution is 5.79. The monoisotopic (exact) mass is 230 g/mol. The average molecular weight is 230 g/mol. The van der Waals surface area contributed by atoms with E-state index in [1.54, 1.807) is 0 Å². The third-order valence-electron chi connectivity index (χ3n) is 3.79. The van der Waals surface area contributed by atoms with Crippen LogP contribution in [0, 0.1) is 0 Å². The molecular weight excluding hydrogens is 212 g/mol. The Morgan fingerprint density at radius 2 is 2.06 bits per heavy atom. The summed E-state index contributed by atoms with van der Waals surface area (Å²) in [6.45, 7) is 3.76. The molecule has 2 aliphatic rings. The van der Waals surface area contributed by atoms with E-state index < -0.39 is 0 Å². The molecule has 90 valence electrons. The summed E-state index contributed by atoms with van der Waals surface area (Å²) in [4.78, 5) is 14.1. The Kier molecular flexibility index (Phi) is 2.85. The van der Waals surface area contributed by atoms with Gasteiger partial charge in [0.1, 0.15) is 0 Å². The van der Waals surface area contributed by atoms with Crippen LogP contribution in [0.4, 0.5) is 0 Å². The lowest BCUT2D eigenvalue weighted by molar-refractivity contribution is -0.129. The molecule has 0 saturated carbocycles. The number of likely N-dealkylation sites (tertiary alicyclic amines) is 1. The van der Waals surface area contributed by atoms with Crippen molar-refractivity contribution in [2.45, 2.75) is 32.4 Å². The predicted molar refractivity (Wildman–Crippen MR) is 66.5 cm³/mol. The van der Waals surface area contributed by atoms with Gasteiger partial charge in [0, 0.05) is 26.2 Å². The zero-order valence-electron chi connectivity index (χ0n) is 10.0. The summed E-state index contributed by atoms with van der Waals surface area (Å²) < 4.78 is 0. The third kappa shape index (κ3) is 2.07. The van der Waals surface area contributed by atoms with Gasteiger partial charge < -0.3 is 10.2 Å². The lowest BCUT2D eigenvalue weighted by Crippen LogP contribution is -2.29. The minimum atomic E-state index is 0.294. The van der Waals surface area contributed by atoms with Gasteiger partial charge in [-0.25, -0.2) is 0 Å². The molecule has 0 aromatic heterocycles. The largest absolute Gasteiger partial charge is 0.342 e. The molecule has 0 bridgehead atoms. The van der Waals surface area contributed by atoms with Crippen LogP contribution in [0.5, 0.6) is 0 Å². The van der Waals surface area contributed by atoms with Crippen LogP contribution in [-0.2, 0) is 24.3 Å². The van der Waals surface area contributed by atoms with Crippen molar-refractivity contribution in [2.24, 2.45) is 0 Å². The second-order valence-electron chi connectivity index (χ2n) is 4.92. The molecule has 1 N–H and O–H groups in total. The number of fused-ring (bicyclic) bond motifs is 1. The third-order valence-corrected chi connectivity index (χ3v) is 3.79. The molecule has 2 aliphatic heterocycles. The molecule has 0 spiro atoms. The summed E-state index contributed by atoms with van der Waals surface area (Å²) in [5.74, 6) is 0.294. The van der Waals surface area contributed by atoms with E-state index in [4.69, 9.17) is 0 Å². The van der Waals surface area contributed by atoms with Gasteiger partial charge in [-0.1, -0.05) is 18.2 Å². The van der Waals surface area contributed by atoms with E-state index in [-0.39, 0.29) is 0 Å². The maximum atomic E-state index is 12.1. The Morgan fingerprint density at radius 1 is 1.24 bits per heavy atom. The number of nitrogens with one attached hydrogen (secondary N) is 1. The van der Waals surface area contributed by atoms with Crippen LogP contribution < -0.4 is 5.32 Å². The van der Waals surface area contributed by atoms with Gasteiger partial charge >= 0.3 is 0 Å². The molecule has 0 radical (unpaired) electrons. The smallest absolute Gasteiger partial charge is 0.227 e. The topological polar surface area (TPSA) is 32.3 Å². The van der Waals surface area contributed by atoms with Crippen LogP contribution in [0.1, 0.15) is 29.5 Å². The molecule has 3 nitrogen and oxygen atoms in total. The number of rotatable bonds is 2. The van der Waals surface area contributed by atoms with Gasteiger partial charge in [0.15, 0.2) is 0 Å². The fourth-order valence-corrected chi connectivity index (χ4v) is 2.81. The van der Waals surface area contributed by atoms with E-state index in [2.05, 4.69) is 23.5 Å². The Morgan fingerprint density at radius 3 is 2.88 bits per heavy atom. The molecule has 1 amide bonds. The van der Waals surface area contributed by atoms with Gasteiger partial charge in [0.05, 0.1) is 6.42 Å². The van der Waals surface area contributed by atoms with E-state index in [1.807, 2.05) is 4.90 Å². The number of hydrogen-bond acceptors (Lipinski definition) is 2. The zero-order chi connectivity index (χ0) is 11.7. The standard InChI is InChI=1S/C14H18N2O/c17-14(16-6-1-2-7-16)8-11-4-3-5-12-9-15-10-13(11)12/h3-5,15H,1-2,6-10H2. The van der Waals surface area contributed by atoms with Crippen molar-refractivity contribution in [3.8, 4) is 0 Å². The van der Waals surface area contributed by atoms with Crippen LogP contribution in [0.3, 0.4) is 0 Å². The van der Waals surface area contributed by atoms with Crippen LogP contribution in [0.2, 0.25) is 0 Å². The Balaban J connectivity index is 1.76. The molecule has 17 heavy (non-hydrogen) atoms. The summed E-state index contributed by atoms with van der Waals surface area (Å²) in [5.41, 5.74) is 3.92. The zero-order valence-corrected chi connectivity index (χ0v) is 10.0. The lowest BCUT2D eigenvalue weighted by atomic mass is 10.0. The number of nitrogens with zero attached hydrogens (tertiary/aromatic N) is 1. The van der Waals surface area contributed by atoms with Gasteiger partial charge in [-0.15, -0.1) is 0 Å². The van der Waals surface area contributed by atoms with Crippen LogP contribution in [0.25, 0.3) is 0 Å². The van der Waals surface area contributed by atoms with Crippen LogP contribution >= 0.6 is 0 Å². The first-order valence-corrected chi connectivity index (χ1v) is 6.43. The van der Waals surface area contributed by atoms with Gasteiger partial charge in [0.2, 0.25) is 5.91 Å². The Bertz CT molecular complexity index is 436. The van der Waals surface area contributed by atoms with Crippen molar-refractivity contribution < 1.29 is 4.79 Å². The number of carbonyl (C=O) groups excluding carboxylic acids is 1. The minimum Gasteiger partial charge on any atom is -0.342 e. The quantitative estimate of drug-likeness (QED) is 0.834. The number of carbonyl (C=O) groups is 1. The van der Waals surface area contributed by atoms with Gasteiger partial charge in [-0.3, -0.25) is 4.79 Å². The fraction of sp³-hybridized carbons (Fsp3) is 0.500. The van der Waals surface area contributed by atoms with Crippen molar-refractivity contribution in [1.29, 1.82) is 0 Å². The fourth-order valence-electron chi connectivity index (χ4n) is 2.81. The first kappa shape index (κ1) is 10.8. The molecule has 1 fully saturated rings. The molecular formula is C14H18N2O. The molecule has 0 atom stereocenters. The molecule has 1 aromatic carbocycles. The van der Waals surface area contributed by atoms with Crippen molar-refractivity contribution in [3.63, 3.8) is 0 Å². The first-order chi connectivity index (χ1) is 8.34. The normalized spacial score (nSPS) is 18.5. The molecule has 1 aromatic rings. The minimum absolute atomic E-state index is 0.294. The predicted octanol–water partition coefficient (Wildman–Crippen LogP) is 1.45. The molecule has 0 aliphatic carbocycles. The van der Waals surface area contributed by atoms with Crippen molar-refractivity contribution in [1.82, 2.24) is 10.2 Å². The molecule has 3 heteroatoms. The summed E-state index contributed by atoms with van der Waals surface area (Å²) in [6, 6.07) is 6.32. The highest BCUT2D eigenvalue weighted by Crippen LogP contribution is 2.21. The highest BCUT2D eigenvalue weighted by Gasteiger charge is 2.20. The number of amides is 1. The van der Waals surface area contributed by atoms with E-state index in [1.165, 1.54) is 29.5 Å². The maximum Gasteiger partial charge on any atom is 0.227 e. The van der Waals surface area contributed by atoms with E-state index in [0.29, 0.717) is 12.3 Å². The van der Waals surface area contributed by atoms with Crippen molar-refractivity contribution in [3.05, 3.63) is 34.9 Å². The second-order valence-corrected chi connectivity index (χ2v) is 4.92. The highest BCUT2D eigenvalue weighted by atomic mass is 16.2. The molecule has 1 saturated heterocycles. The molecule has 3 rings (SSSR count). The molecule has 0 unspecified atom stereocenters. The van der Waals surface area contributed by atoms with E-state index >= 15 is 0 Å². The number of hydrogen-bond donors (Lipinski definition) is 1. The van der Waals surface area contributed by atoms with Gasteiger partial charge in [0.25, 0.3) is 0 Å². The SMILES string of the molecule is O=C(Cc1cccc2c1CNC2)N1CCCC1. The van der Waals surface area contributed by atoms with Crippen LogP contribution in [0.15, 0.2) is 18.2 Å². The maximum absolute atomic E-state index is 12.1. The number of benzene rings is 1.